The molecule has 0 aromatic rings. The van der Waals surface area contributed by atoms with Gasteiger partial charge in [0.05, 0.1) is 19.0 Å². The Morgan fingerprint density at radius 2 is 1.90 bits per heavy atom. The molecular formula is C14H27NO5S. The van der Waals surface area contributed by atoms with Crippen LogP contribution in [0.3, 0.4) is 0 Å². The fourth-order valence-corrected chi connectivity index (χ4v) is 3.58. The Morgan fingerprint density at radius 3 is 2.29 bits per heavy atom. The van der Waals surface area contributed by atoms with Crippen molar-refractivity contribution in [3.8, 4) is 0 Å². The molecule has 0 aromatic heterocycles. The molecule has 0 saturated carbocycles. The molecule has 0 N–H and O–H groups in total. The van der Waals surface area contributed by atoms with Gasteiger partial charge >= 0.3 is 5.97 Å². The third kappa shape index (κ3) is 4.93. The van der Waals surface area contributed by atoms with Crippen LogP contribution in [0.15, 0.2) is 0 Å². The Labute approximate surface area is 127 Å². The van der Waals surface area contributed by atoms with Gasteiger partial charge in [0.25, 0.3) is 0 Å². The Kier molecular flexibility index (Phi) is 5.80. The predicted molar refractivity (Wildman–Crippen MR) is 80.4 cm³/mol. The van der Waals surface area contributed by atoms with Crippen LogP contribution in [0.4, 0.5) is 0 Å². The number of carbonyl (C=O) groups excluding carboxylic acids is 1. The fourth-order valence-electron chi connectivity index (χ4n) is 1.97. The van der Waals surface area contributed by atoms with Crippen molar-refractivity contribution in [1.82, 2.24) is 4.31 Å². The SMILES string of the molecule is CCCCN(C)S(=O)(=O)CC1(C(=O)OC(C)(C)C)COC1. The van der Waals surface area contributed by atoms with Crippen molar-refractivity contribution < 1.29 is 22.7 Å². The Hall–Kier alpha value is -0.660. The van der Waals surface area contributed by atoms with E-state index in [4.69, 9.17) is 9.47 Å². The summed E-state index contributed by atoms with van der Waals surface area (Å²) in [4.78, 5) is 12.3. The summed E-state index contributed by atoms with van der Waals surface area (Å²) in [5.41, 5.74) is -1.70. The Balaban J connectivity index is 2.79. The van der Waals surface area contributed by atoms with Crippen molar-refractivity contribution in [2.45, 2.75) is 46.1 Å². The Morgan fingerprint density at radius 1 is 1.33 bits per heavy atom. The van der Waals surface area contributed by atoms with E-state index in [1.807, 2.05) is 6.92 Å². The minimum Gasteiger partial charge on any atom is -0.459 e. The van der Waals surface area contributed by atoms with Gasteiger partial charge in [-0.25, -0.2) is 12.7 Å². The van der Waals surface area contributed by atoms with E-state index in [1.165, 1.54) is 4.31 Å². The van der Waals surface area contributed by atoms with Crippen LogP contribution >= 0.6 is 0 Å². The average Bonchev–Trinajstić information content (AvgIpc) is 2.28. The molecule has 1 aliphatic rings. The van der Waals surface area contributed by atoms with Gasteiger partial charge in [0.15, 0.2) is 0 Å². The number of rotatable bonds is 7. The highest BCUT2D eigenvalue weighted by molar-refractivity contribution is 7.89. The first-order valence-electron chi connectivity index (χ1n) is 7.28. The third-order valence-electron chi connectivity index (χ3n) is 3.35. The van der Waals surface area contributed by atoms with Crippen LogP contribution in [0, 0.1) is 5.41 Å². The number of hydrogen-bond acceptors (Lipinski definition) is 5. The van der Waals surface area contributed by atoms with Crippen LogP contribution in [0.2, 0.25) is 0 Å². The minimum absolute atomic E-state index is 0.1000. The second kappa shape index (κ2) is 6.62. The summed E-state index contributed by atoms with van der Waals surface area (Å²) in [5, 5.41) is 0. The van der Waals surface area contributed by atoms with Crippen molar-refractivity contribution in [3.63, 3.8) is 0 Å². The van der Waals surface area contributed by atoms with Gasteiger partial charge in [0, 0.05) is 13.6 Å². The molecule has 0 unspecified atom stereocenters. The van der Waals surface area contributed by atoms with E-state index in [0.717, 1.165) is 12.8 Å². The summed E-state index contributed by atoms with van der Waals surface area (Å²) in [6.07, 6.45) is 1.71. The van der Waals surface area contributed by atoms with E-state index in [0.29, 0.717) is 6.54 Å². The molecule has 1 heterocycles. The van der Waals surface area contributed by atoms with Gasteiger partial charge in [-0.05, 0) is 27.2 Å². The van der Waals surface area contributed by atoms with Crippen molar-refractivity contribution >= 4 is 16.0 Å². The zero-order valence-corrected chi connectivity index (χ0v) is 14.5. The number of hydrogen-bond donors (Lipinski definition) is 0. The zero-order chi connectivity index (χ0) is 16.3. The highest BCUT2D eigenvalue weighted by atomic mass is 32.2. The van der Waals surface area contributed by atoms with E-state index in [1.54, 1.807) is 27.8 Å². The van der Waals surface area contributed by atoms with Crippen LogP contribution in [0.25, 0.3) is 0 Å². The fraction of sp³-hybridized carbons (Fsp3) is 0.929. The summed E-state index contributed by atoms with van der Waals surface area (Å²) >= 11 is 0. The molecular weight excluding hydrogens is 294 g/mol. The lowest BCUT2D eigenvalue weighted by Gasteiger charge is -2.40. The van der Waals surface area contributed by atoms with E-state index in [-0.39, 0.29) is 19.0 Å². The Bertz CT molecular complexity index is 462. The van der Waals surface area contributed by atoms with Crippen LogP contribution in [0.1, 0.15) is 40.5 Å². The van der Waals surface area contributed by atoms with E-state index < -0.39 is 27.0 Å². The van der Waals surface area contributed by atoms with Gasteiger partial charge in [-0.1, -0.05) is 13.3 Å². The number of unbranched alkanes of at least 4 members (excludes halogenated alkanes) is 1. The molecule has 0 amide bonds. The van der Waals surface area contributed by atoms with E-state index >= 15 is 0 Å². The molecule has 21 heavy (non-hydrogen) atoms. The van der Waals surface area contributed by atoms with Crippen LogP contribution in [-0.4, -0.2) is 56.9 Å². The molecule has 0 atom stereocenters. The van der Waals surface area contributed by atoms with Crippen LogP contribution in [0.5, 0.6) is 0 Å². The van der Waals surface area contributed by atoms with Gasteiger partial charge in [0.2, 0.25) is 10.0 Å². The second-order valence-electron chi connectivity index (χ2n) is 6.71. The maximum absolute atomic E-state index is 12.4. The molecule has 124 valence electrons. The molecule has 1 saturated heterocycles. The molecule has 1 aliphatic heterocycles. The summed E-state index contributed by atoms with van der Waals surface area (Å²) in [6.45, 7) is 7.96. The summed E-state index contributed by atoms with van der Waals surface area (Å²) in [7, 11) is -1.95. The molecule has 1 rings (SSSR count). The summed E-state index contributed by atoms with van der Waals surface area (Å²) in [6, 6.07) is 0. The quantitative estimate of drug-likeness (QED) is 0.663. The first-order chi connectivity index (χ1) is 9.52. The van der Waals surface area contributed by atoms with Gasteiger partial charge in [-0.3, -0.25) is 4.79 Å². The average molecular weight is 321 g/mol. The third-order valence-corrected chi connectivity index (χ3v) is 5.40. The van der Waals surface area contributed by atoms with E-state index in [2.05, 4.69) is 0 Å². The lowest BCUT2D eigenvalue weighted by molar-refractivity contribution is -0.192. The first-order valence-corrected chi connectivity index (χ1v) is 8.88. The molecule has 0 aromatic carbocycles. The van der Waals surface area contributed by atoms with Crippen LogP contribution in [-0.2, 0) is 24.3 Å². The van der Waals surface area contributed by atoms with Crippen molar-refractivity contribution in [2.75, 3.05) is 32.6 Å². The number of carbonyl (C=O) groups is 1. The minimum atomic E-state index is -3.50. The maximum atomic E-state index is 12.4. The predicted octanol–water partition coefficient (Wildman–Crippen LogP) is 1.41. The van der Waals surface area contributed by atoms with Crippen LogP contribution < -0.4 is 0 Å². The first kappa shape index (κ1) is 18.4. The number of nitrogens with zero attached hydrogens (tertiary/aromatic N) is 1. The standard InChI is InChI=1S/C14H27NO5S/c1-6-7-8-15(5)21(17,18)11-14(9-19-10-14)12(16)20-13(2,3)4/h6-11H2,1-5H3. The molecule has 6 nitrogen and oxygen atoms in total. The molecule has 1 fully saturated rings. The van der Waals surface area contributed by atoms with Gasteiger partial charge in [-0.2, -0.15) is 0 Å². The monoisotopic (exact) mass is 321 g/mol. The second-order valence-corrected chi connectivity index (χ2v) is 8.78. The summed E-state index contributed by atoms with van der Waals surface area (Å²) < 4.78 is 36.5. The topological polar surface area (TPSA) is 72.9 Å². The van der Waals surface area contributed by atoms with Gasteiger partial charge < -0.3 is 9.47 Å². The molecule has 0 radical (unpaired) electrons. The van der Waals surface area contributed by atoms with Gasteiger partial charge in [0.1, 0.15) is 11.0 Å². The number of sulfonamides is 1. The number of ether oxygens (including phenoxy) is 2. The van der Waals surface area contributed by atoms with Gasteiger partial charge in [-0.15, -0.1) is 0 Å². The zero-order valence-electron chi connectivity index (χ0n) is 13.6. The highest BCUT2D eigenvalue weighted by Crippen LogP contribution is 2.33. The van der Waals surface area contributed by atoms with Crippen molar-refractivity contribution in [1.29, 1.82) is 0 Å². The molecule has 0 bridgehead atoms. The van der Waals surface area contributed by atoms with Crippen molar-refractivity contribution in [2.24, 2.45) is 5.41 Å². The molecule has 0 aliphatic carbocycles. The summed E-state index contributed by atoms with van der Waals surface area (Å²) in [5.74, 6) is -0.747. The lowest BCUT2D eigenvalue weighted by Crippen LogP contribution is -2.56. The largest absolute Gasteiger partial charge is 0.459 e. The number of esters is 1. The van der Waals surface area contributed by atoms with Crippen molar-refractivity contribution in [3.05, 3.63) is 0 Å². The molecule has 7 heteroatoms. The maximum Gasteiger partial charge on any atom is 0.318 e. The van der Waals surface area contributed by atoms with E-state index in [9.17, 15) is 13.2 Å². The highest BCUT2D eigenvalue weighted by Gasteiger charge is 2.52. The smallest absolute Gasteiger partial charge is 0.318 e. The molecule has 0 spiro atoms. The lowest BCUT2D eigenvalue weighted by atomic mass is 9.88. The normalized spacial score (nSPS) is 18.4.